The molecular formula is C22H27FN4O3. The van der Waals surface area contributed by atoms with Crippen molar-refractivity contribution in [3.63, 3.8) is 0 Å². The third-order valence-electron chi connectivity index (χ3n) is 5.21. The highest BCUT2D eigenvalue weighted by Crippen LogP contribution is 2.33. The second-order valence-corrected chi connectivity index (χ2v) is 7.22. The number of carbonyl (C=O) groups is 2. The second kappa shape index (κ2) is 9.67. The molecule has 0 radical (unpaired) electrons. The Hall–Kier alpha value is -3.00. The molecular weight excluding hydrogens is 387 g/mol. The topological polar surface area (TPSA) is 67.1 Å². The van der Waals surface area contributed by atoms with Gasteiger partial charge in [-0.15, -0.1) is 0 Å². The Bertz CT molecular complexity index is 923. The van der Waals surface area contributed by atoms with Crippen molar-refractivity contribution in [2.24, 2.45) is 12.1 Å². The van der Waals surface area contributed by atoms with Gasteiger partial charge in [0.05, 0.1) is 24.1 Å². The first kappa shape index (κ1) is 21.7. The van der Waals surface area contributed by atoms with Crippen molar-refractivity contribution >= 4 is 17.5 Å². The Morgan fingerprint density at radius 1 is 1.27 bits per heavy atom. The molecule has 1 atom stereocenters. The maximum Gasteiger partial charge on any atom is 0.262 e. The van der Waals surface area contributed by atoms with Crippen LogP contribution >= 0.6 is 0 Å². The molecule has 1 aromatic carbocycles. The SMILES string of the molecule is CCC(=O)N(CCOC)CC(=O)N1N=C(c2cccn2C)C[C@@H]1c1ccc(F)cc1. The van der Waals surface area contributed by atoms with Crippen LogP contribution in [0.4, 0.5) is 4.39 Å². The summed E-state index contributed by atoms with van der Waals surface area (Å²) in [7, 11) is 3.47. The number of aromatic nitrogens is 1. The van der Waals surface area contributed by atoms with Crippen LogP contribution in [-0.2, 0) is 21.4 Å². The molecule has 1 aromatic heterocycles. The van der Waals surface area contributed by atoms with Gasteiger partial charge in [-0.2, -0.15) is 5.10 Å². The van der Waals surface area contributed by atoms with Gasteiger partial charge in [0, 0.05) is 39.7 Å². The summed E-state index contributed by atoms with van der Waals surface area (Å²) in [5.74, 6) is -0.742. The van der Waals surface area contributed by atoms with Crippen LogP contribution in [0.5, 0.6) is 0 Å². The average Bonchev–Trinajstić information content (AvgIpc) is 3.37. The summed E-state index contributed by atoms with van der Waals surface area (Å²) in [6.45, 7) is 2.35. The van der Waals surface area contributed by atoms with Gasteiger partial charge < -0.3 is 14.2 Å². The molecule has 160 valence electrons. The van der Waals surface area contributed by atoms with Crippen LogP contribution in [0.3, 0.4) is 0 Å². The smallest absolute Gasteiger partial charge is 0.262 e. The normalized spacial score (nSPS) is 15.9. The molecule has 1 aliphatic heterocycles. The van der Waals surface area contributed by atoms with Crippen molar-refractivity contribution in [3.8, 4) is 0 Å². The van der Waals surface area contributed by atoms with Crippen LogP contribution in [-0.4, -0.2) is 58.8 Å². The molecule has 8 heteroatoms. The quantitative estimate of drug-likeness (QED) is 0.667. The Morgan fingerprint density at radius 2 is 2.00 bits per heavy atom. The first-order valence-electron chi connectivity index (χ1n) is 9.98. The van der Waals surface area contributed by atoms with Crippen LogP contribution in [0, 0.1) is 5.82 Å². The van der Waals surface area contributed by atoms with Gasteiger partial charge in [0.2, 0.25) is 5.91 Å². The molecule has 2 heterocycles. The fourth-order valence-electron chi connectivity index (χ4n) is 3.55. The Morgan fingerprint density at radius 3 is 2.60 bits per heavy atom. The molecule has 3 rings (SSSR count). The third-order valence-corrected chi connectivity index (χ3v) is 5.21. The summed E-state index contributed by atoms with van der Waals surface area (Å²) in [6, 6.07) is 9.60. The van der Waals surface area contributed by atoms with E-state index in [1.54, 1.807) is 26.2 Å². The van der Waals surface area contributed by atoms with Gasteiger partial charge in [-0.1, -0.05) is 19.1 Å². The molecule has 0 spiro atoms. The predicted molar refractivity (Wildman–Crippen MR) is 111 cm³/mol. The number of hydrogen-bond donors (Lipinski definition) is 0. The van der Waals surface area contributed by atoms with E-state index in [0.717, 1.165) is 17.0 Å². The highest BCUT2D eigenvalue weighted by Gasteiger charge is 2.34. The highest BCUT2D eigenvalue weighted by molar-refractivity contribution is 6.02. The number of hydrogen-bond acceptors (Lipinski definition) is 4. The van der Waals surface area contributed by atoms with Gasteiger partial charge in [-0.3, -0.25) is 9.59 Å². The number of amides is 2. The van der Waals surface area contributed by atoms with E-state index in [1.165, 1.54) is 22.0 Å². The number of benzene rings is 1. The minimum atomic E-state index is -0.357. The molecule has 0 N–H and O–H groups in total. The van der Waals surface area contributed by atoms with Gasteiger partial charge in [-0.25, -0.2) is 9.40 Å². The number of ether oxygens (including phenoxy) is 1. The van der Waals surface area contributed by atoms with Crippen LogP contribution in [0.2, 0.25) is 0 Å². The minimum Gasteiger partial charge on any atom is -0.383 e. The van der Waals surface area contributed by atoms with Crippen LogP contribution in [0.25, 0.3) is 0 Å². The molecule has 2 aromatic rings. The largest absolute Gasteiger partial charge is 0.383 e. The van der Waals surface area contributed by atoms with Crippen LogP contribution in [0.1, 0.15) is 37.1 Å². The maximum absolute atomic E-state index is 13.4. The average molecular weight is 414 g/mol. The van der Waals surface area contributed by atoms with Crippen molar-refractivity contribution in [1.29, 1.82) is 0 Å². The molecule has 0 bridgehead atoms. The summed E-state index contributed by atoms with van der Waals surface area (Å²) >= 11 is 0. The number of aryl methyl sites for hydroxylation is 1. The van der Waals surface area contributed by atoms with Crippen molar-refractivity contribution in [3.05, 3.63) is 59.7 Å². The Kier molecular flexibility index (Phi) is 6.99. The van der Waals surface area contributed by atoms with E-state index >= 15 is 0 Å². The number of carbonyl (C=O) groups excluding carboxylic acids is 2. The summed E-state index contributed by atoms with van der Waals surface area (Å²) < 4.78 is 20.4. The molecule has 0 saturated carbocycles. The zero-order chi connectivity index (χ0) is 21.7. The monoisotopic (exact) mass is 414 g/mol. The summed E-state index contributed by atoms with van der Waals surface area (Å²) in [5.41, 5.74) is 2.48. The summed E-state index contributed by atoms with van der Waals surface area (Å²) in [6.07, 6.45) is 2.73. The molecule has 30 heavy (non-hydrogen) atoms. The van der Waals surface area contributed by atoms with E-state index < -0.39 is 0 Å². The zero-order valence-corrected chi connectivity index (χ0v) is 17.5. The van der Waals surface area contributed by atoms with Crippen molar-refractivity contribution < 1.29 is 18.7 Å². The van der Waals surface area contributed by atoms with E-state index in [2.05, 4.69) is 5.10 Å². The fraction of sp³-hybridized carbons (Fsp3) is 0.409. The Balaban J connectivity index is 1.88. The molecule has 7 nitrogen and oxygen atoms in total. The van der Waals surface area contributed by atoms with Crippen LogP contribution in [0.15, 0.2) is 47.7 Å². The van der Waals surface area contributed by atoms with E-state index in [4.69, 9.17) is 4.74 Å². The Labute approximate surface area is 175 Å². The highest BCUT2D eigenvalue weighted by atomic mass is 19.1. The fourth-order valence-corrected chi connectivity index (χ4v) is 3.55. The lowest BCUT2D eigenvalue weighted by atomic mass is 10.0. The second-order valence-electron chi connectivity index (χ2n) is 7.22. The lowest BCUT2D eigenvalue weighted by Gasteiger charge is -2.26. The van der Waals surface area contributed by atoms with Crippen molar-refractivity contribution in [2.45, 2.75) is 25.8 Å². The van der Waals surface area contributed by atoms with Gasteiger partial charge in [0.15, 0.2) is 0 Å². The van der Waals surface area contributed by atoms with Gasteiger partial charge in [-0.05, 0) is 29.8 Å². The lowest BCUT2D eigenvalue weighted by molar-refractivity contribution is -0.141. The molecule has 0 fully saturated rings. The van der Waals surface area contributed by atoms with Crippen molar-refractivity contribution in [1.82, 2.24) is 14.5 Å². The number of halogens is 1. The number of nitrogens with zero attached hydrogens (tertiary/aromatic N) is 4. The lowest BCUT2D eigenvalue weighted by Crippen LogP contribution is -2.42. The maximum atomic E-state index is 13.4. The van der Waals surface area contributed by atoms with Crippen LogP contribution < -0.4 is 0 Å². The van der Waals surface area contributed by atoms with E-state index in [0.29, 0.717) is 26.0 Å². The van der Waals surface area contributed by atoms with Gasteiger partial charge in [0.25, 0.3) is 5.91 Å². The van der Waals surface area contributed by atoms with E-state index in [1.807, 2.05) is 29.9 Å². The molecule has 2 amide bonds. The summed E-state index contributed by atoms with van der Waals surface area (Å²) in [4.78, 5) is 27.0. The predicted octanol–water partition coefficient (Wildman–Crippen LogP) is 2.73. The van der Waals surface area contributed by atoms with Gasteiger partial charge in [0.1, 0.15) is 12.4 Å². The number of hydrazone groups is 1. The number of methoxy groups -OCH3 is 1. The molecule has 0 aliphatic carbocycles. The first-order valence-corrected chi connectivity index (χ1v) is 9.98. The minimum absolute atomic E-state index is 0.0857. The van der Waals surface area contributed by atoms with E-state index in [-0.39, 0.29) is 30.2 Å². The summed E-state index contributed by atoms with van der Waals surface area (Å²) in [5, 5.41) is 6.04. The zero-order valence-electron chi connectivity index (χ0n) is 17.5. The van der Waals surface area contributed by atoms with Gasteiger partial charge >= 0.3 is 0 Å². The molecule has 1 aliphatic rings. The standard InChI is InChI=1S/C22H27FN4O3/c1-4-21(28)26(12-13-30-3)15-22(29)27-20(16-7-9-17(23)10-8-16)14-18(24-27)19-6-5-11-25(19)2/h5-11,20H,4,12-15H2,1-3H3/t20-/m1/s1. The molecule has 0 saturated heterocycles. The number of rotatable bonds is 8. The third kappa shape index (κ3) is 4.76. The first-order chi connectivity index (χ1) is 14.4. The van der Waals surface area contributed by atoms with Crippen molar-refractivity contribution in [2.75, 3.05) is 26.8 Å². The van der Waals surface area contributed by atoms with E-state index in [9.17, 15) is 14.0 Å². The molecule has 0 unspecified atom stereocenters.